The van der Waals surface area contributed by atoms with Gasteiger partial charge in [0.2, 0.25) is 0 Å². The molecule has 1 aromatic carbocycles. The lowest BCUT2D eigenvalue weighted by atomic mass is 10.1. The molecule has 0 saturated carbocycles. The zero-order valence-corrected chi connectivity index (χ0v) is 15.7. The molecule has 1 aromatic heterocycles. The van der Waals surface area contributed by atoms with Gasteiger partial charge in [-0.25, -0.2) is 0 Å². The molecule has 0 N–H and O–H groups in total. The molecular weight excluding hydrogens is 336 g/mol. The van der Waals surface area contributed by atoms with E-state index in [0.29, 0.717) is 11.8 Å². The summed E-state index contributed by atoms with van der Waals surface area (Å²) in [6, 6.07) is 14.7. The largest absolute Gasteiger partial charge is 0.459 e. The van der Waals surface area contributed by atoms with E-state index in [9.17, 15) is 4.79 Å². The van der Waals surface area contributed by atoms with E-state index in [2.05, 4.69) is 49.1 Å². The van der Waals surface area contributed by atoms with Gasteiger partial charge in [-0.05, 0) is 50.9 Å². The molecule has 136 valence electrons. The van der Waals surface area contributed by atoms with Crippen LogP contribution in [-0.4, -0.2) is 47.4 Å². The summed E-state index contributed by atoms with van der Waals surface area (Å²) in [5, 5.41) is 0. The van der Waals surface area contributed by atoms with E-state index in [1.54, 1.807) is 18.4 Å². The number of piperazine rings is 1. The van der Waals surface area contributed by atoms with Crippen LogP contribution in [0.4, 0.5) is 0 Å². The average molecular weight is 363 g/mol. The number of carbonyl (C=O) groups excluding carboxylic acids is 1. The van der Waals surface area contributed by atoms with E-state index in [0.717, 1.165) is 32.5 Å². The number of rotatable bonds is 5. The number of hydrogen-bond acceptors (Lipinski definition) is 3. The third-order valence-electron chi connectivity index (χ3n) is 4.86. The molecule has 5 heteroatoms. The van der Waals surface area contributed by atoms with Crippen LogP contribution in [0.1, 0.15) is 36.4 Å². The van der Waals surface area contributed by atoms with Crippen LogP contribution in [0, 0.1) is 0 Å². The predicted octanol–water partition coefficient (Wildman–Crippen LogP) is 3.87. The molecule has 2 atom stereocenters. The lowest BCUT2D eigenvalue weighted by Crippen LogP contribution is -2.58. The van der Waals surface area contributed by atoms with E-state index >= 15 is 0 Å². The Hall–Kier alpha value is -1.78. The van der Waals surface area contributed by atoms with Gasteiger partial charge >= 0.3 is 0 Å². The van der Waals surface area contributed by atoms with Gasteiger partial charge in [0.15, 0.2) is 5.76 Å². The van der Waals surface area contributed by atoms with Crippen molar-refractivity contribution in [3.63, 3.8) is 0 Å². The number of hydrogen-bond donors (Lipinski definition) is 0. The maximum atomic E-state index is 12.5. The van der Waals surface area contributed by atoms with Gasteiger partial charge in [0.05, 0.1) is 6.26 Å². The second kappa shape index (κ2) is 9.07. The number of aryl methyl sites for hydroxylation is 1. The molecule has 0 spiro atoms. The van der Waals surface area contributed by atoms with Crippen LogP contribution in [0.3, 0.4) is 0 Å². The third-order valence-corrected chi connectivity index (χ3v) is 4.86. The first-order valence-electron chi connectivity index (χ1n) is 8.77. The van der Waals surface area contributed by atoms with Crippen LogP contribution >= 0.6 is 12.4 Å². The monoisotopic (exact) mass is 362 g/mol. The Labute approximate surface area is 156 Å². The quantitative estimate of drug-likeness (QED) is 0.810. The molecule has 0 bridgehead atoms. The van der Waals surface area contributed by atoms with Crippen LogP contribution in [0.25, 0.3) is 0 Å². The first kappa shape index (κ1) is 19.5. The second-order valence-corrected chi connectivity index (χ2v) is 6.72. The molecule has 25 heavy (non-hydrogen) atoms. The number of carbonyl (C=O) groups is 1. The van der Waals surface area contributed by atoms with Crippen LogP contribution in [0.5, 0.6) is 0 Å². The maximum absolute atomic E-state index is 12.5. The van der Waals surface area contributed by atoms with E-state index in [4.69, 9.17) is 4.42 Å². The Morgan fingerprint density at radius 1 is 1.08 bits per heavy atom. The van der Waals surface area contributed by atoms with Crippen LogP contribution in [0.15, 0.2) is 53.1 Å². The minimum Gasteiger partial charge on any atom is -0.459 e. The summed E-state index contributed by atoms with van der Waals surface area (Å²) in [4.78, 5) is 17.0. The summed E-state index contributed by atoms with van der Waals surface area (Å²) in [5.41, 5.74) is 1.39. The summed E-state index contributed by atoms with van der Waals surface area (Å²) in [6.45, 7) is 7.07. The van der Waals surface area contributed by atoms with E-state index in [1.165, 1.54) is 5.56 Å². The number of benzene rings is 1. The highest BCUT2D eigenvalue weighted by atomic mass is 35.5. The number of furan rings is 1. The van der Waals surface area contributed by atoms with Crippen molar-refractivity contribution in [3.8, 4) is 0 Å². The highest BCUT2D eigenvalue weighted by Crippen LogP contribution is 2.19. The molecular formula is C20H27ClN2O2. The van der Waals surface area contributed by atoms with Gasteiger partial charge in [0, 0.05) is 25.2 Å². The van der Waals surface area contributed by atoms with Crippen LogP contribution in [-0.2, 0) is 6.42 Å². The molecule has 2 unspecified atom stereocenters. The van der Waals surface area contributed by atoms with Gasteiger partial charge in [-0.2, -0.15) is 0 Å². The van der Waals surface area contributed by atoms with E-state index in [1.807, 2.05) is 4.90 Å². The molecule has 4 nitrogen and oxygen atoms in total. The fourth-order valence-corrected chi connectivity index (χ4v) is 3.47. The summed E-state index contributed by atoms with van der Waals surface area (Å²) in [6.07, 6.45) is 3.81. The topological polar surface area (TPSA) is 36.7 Å². The zero-order valence-electron chi connectivity index (χ0n) is 14.9. The van der Waals surface area contributed by atoms with Gasteiger partial charge in [0.1, 0.15) is 0 Å². The summed E-state index contributed by atoms with van der Waals surface area (Å²) in [7, 11) is 0. The molecule has 1 aliphatic rings. The number of amides is 1. The van der Waals surface area contributed by atoms with Crippen LogP contribution < -0.4 is 0 Å². The van der Waals surface area contributed by atoms with Crippen molar-refractivity contribution in [1.82, 2.24) is 9.80 Å². The van der Waals surface area contributed by atoms with Crippen molar-refractivity contribution >= 4 is 18.3 Å². The number of halogens is 1. The van der Waals surface area contributed by atoms with Crippen molar-refractivity contribution in [2.45, 2.75) is 38.8 Å². The zero-order chi connectivity index (χ0) is 16.9. The fourth-order valence-electron chi connectivity index (χ4n) is 3.47. The Kier molecular flexibility index (Phi) is 7.09. The Morgan fingerprint density at radius 3 is 2.52 bits per heavy atom. The number of nitrogens with zero attached hydrogens (tertiary/aromatic N) is 2. The normalized spacial score (nSPS) is 21.0. The minimum absolute atomic E-state index is 0. The van der Waals surface area contributed by atoms with Gasteiger partial charge in [-0.15, -0.1) is 12.4 Å². The molecule has 1 fully saturated rings. The van der Waals surface area contributed by atoms with Gasteiger partial charge < -0.3 is 9.32 Å². The average Bonchev–Trinajstić information content (AvgIpc) is 3.12. The molecule has 3 rings (SSSR count). The Morgan fingerprint density at radius 2 is 1.84 bits per heavy atom. The van der Waals surface area contributed by atoms with Crippen molar-refractivity contribution < 1.29 is 9.21 Å². The Balaban J connectivity index is 0.00000225. The first-order chi connectivity index (χ1) is 11.6. The first-order valence-corrected chi connectivity index (χ1v) is 8.77. The minimum atomic E-state index is 0. The van der Waals surface area contributed by atoms with Gasteiger partial charge in [-0.3, -0.25) is 9.69 Å². The standard InChI is InChI=1S/C20H26N2O2.ClH/c1-16-15-22(20(23)19-11-7-13-24-19)17(2)14-21(16)12-6-10-18-8-4-3-5-9-18;/h3-5,7-9,11,13,16-17H,6,10,12,14-15H2,1-2H3;1H. The van der Waals surface area contributed by atoms with Crippen molar-refractivity contribution in [2.24, 2.45) is 0 Å². The smallest absolute Gasteiger partial charge is 0.289 e. The molecule has 0 radical (unpaired) electrons. The molecule has 0 aliphatic carbocycles. The maximum Gasteiger partial charge on any atom is 0.289 e. The molecule has 2 heterocycles. The fraction of sp³-hybridized carbons (Fsp3) is 0.450. The molecule has 1 saturated heterocycles. The van der Waals surface area contributed by atoms with Gasteiger partial charge in [0.25, 0.3) is 5.91 Å². The molecule has 1 amide bonds. The van der Waals surface area contributed by atoms with E-state index < -0.39 is 0 Å². The summed E-state index contributed by atoms with van der Waals surface area (Å²) < 4.78 is 5.27. The van der Waals surface area contributed by atoms with Crippen molar-refractivity contribution in [2.75, 3.05) is 19.6 Å². The lowest BCUT2D eigenvalue weighted by Gasteiger charge is -2.44. The molecule has 1 aliphatic heterocycles. The van der Waals surface area contributed by atoms with Crippen molar-refractivity contribution in [3.05, 3.63) is 60.1 Å². The molecule has 2 aromatic rings. The van der Waals surface area contributed by atoms with Crippen molar-refractivity contribution in [1.29, 1.82) is 0 Å². The van der Waals surface area contributed by atoms with E-state index in [-0.39, 0.29) is 24.4 Å². The van der Waals surface area contributed by atoms with Crippen LogP contribution in [0.2, 0.25) is 0 Å². The highest BCUT2D eigenvalue weighted by molar-refractivity contribution is 5.91. The highest BCUT2D eigenvalue weighted by Gasteiger charge is 2.32. The summed E-state index contributed by atoms with van der Waals surface area (Å²) >= 11 is 0. The second-order valence-electron chi connectivity index (χ2n) is 6.72. The Bertz CT molecular complexity index is 645. The lowest BCUT2D eigenvalue weighted by molar-refractivity contribution is 0.0290. The van der Waals surface area contributed by atoms with Gasteiger partial charge in [-0.1, -0.05) is 30.3 Å². The third kappa shape index (κ3) is 4.86. The summed E-state index contributed by atoms with van der Waals surface area (Å²) in [5.74, 6) is 0.440. The SMILES string of the molecule is CC1CN(C(=O)c2ccco2)C(C)CN1CCCc1ccccc1.Cl. The predicted molar refractivity (Wildman–Crippen MR) is 102 cm³/mol.